The third-order valence-electron chi connectivity index (χ3n) is 2.89. The van der Waals surface area contributed by atoms with E-state index in [0.717, 1.165) is 28.4 Å². The number of aromatic nitrogens is 1. The van der Waals surface area contributed by atoms with E-state index in [2.05, 4.69) is 4.98 Å². The van der Waals surface area contributed by atoms with Crippen LogP contribution in [0.3, 0.4) is 0 Å². The highest BCUT2D eigenvalue weighted by Gasteiger charge is 2.15. The molecule has 0 spiro atoms. The Morgan fingerprint density at radius 3 is 2.75 bits per heavy atom. The molecule has 1 heterocycles. The molecular weight excluding hydrogens is 280 g/mol. The van der Waals surface area contributed by atoms with Gasteiger partial charge in [-0.2, -0.15) is 0 Å². The summed E-state index contributed by atoms with van der Waals surface area (Å²) in [6, 6.07) is 10.5. The van der Waals surface area contributed by atoms with Crippen molar-refractivity contribution in [3.63, 3.8) is 0 Å². The van der Waals surface area contributed by atoms with Crippen LogP contribution < -0.4 is 0 Å². The number of carbonyl (C=O) groups is 1. The summed E-state index contributed by atoms with van der Waals surface area (Å²) in [5, 5.41) is 0.315. The normalized spacial score (nSPS) is 10.9. The number of thiazole rings is 1. The lowest BCUT2D eigenvalue weighted by Crippen LogP contribution is -2.05. The second-order valence-corrected chi connectivity index (χ2v) is 5.35. The van der Waals surface area contributed by atoms with Crippen LogP contribution in [0.1, 0.15) is 15.4 Å². The Hall–Kier alpha value is -2.14. The lowest BCUT2D eigenvalue weighted by Gasteiger charge is -2.01. The maximum absolute atomic E-state index is 13.5. The van der Waals surface area contributed by atoms with Crippen molar-refractivity contribution >= 4 is 27.3 Å². The van der Waals surface area contributed by atoms with E-state index < -0.39 is 11.6 Å². The molecular formula is C15H9F2NOS. The van der Waals surface area contributed by atoms with Gasteiger partial charge in [0, 0.05) is 6.42 Å². The Morgan fingerprint density at radius 1 is 1.15 bits per heavy atom. The third kappa shape index (κ3) is 2.44. The van der Waals surface area contributed by atoms with E-state index in [4.69, 9.17) is 0 Å². The maximum atomic E-state index is 13.5. The molecule has 0 aliphatic rings. The van der Waals surface area contributed by atoms with Gasteiger partial charge >= 0.3 is 0 Å². The highest BCUT2D eigenvalue weighted by Crippen LogP contribution is 2.23. The predicted molar refractivity (Wildman–Crippen MR) is 74.0 cm³/mol. The van der Waals surface area contributed by atoms with E-state index in [1.165, 1.54) is 11.3 Å². The smallest absolute Gasteiger partial charge is 0.195 e. The van der Waals surface area contributed by atoms with Crippen LogP contribution in [-0.2, 0) is 6.42 Å². The molecule has 0 aliphatic heterocycles. The van der Waals surface area contributed by atoms with Gasteiger partial charge in [-0.05, 0) is 35.9 Å². The molecule has 2 aromatic carbocycles. The zero-order valence-electron chi connectivity index (χ0n) is 10.3. The van der Waals surface area contributed by atoms with Crippen LogP contribution in [0.25, 0.3) is 10.2 Å². The molecule has 3 rings (SSSR count). The van der Waals surface area contributed by atoms with E-state index >= 15 is 0 Å². The lowest BCUT2D eigenvalue weighted by atomic mass is 10.1. The van der Waals surface area contributed by atoms with Crippen molar-refractivity contribution in [1.82, 2.24) is 4.98 Å². The summed E-state index contributed by atoms with van der Waals surface area (Å²) in [5.41, 5.74) is 0.787. The largest absolute Gasteiger partial charge is 0.291 e. The summed E-state index contributed by atoms with van der Waals surface area (Å²) < 4.78 is 27.5. The molecule has 0 fully saturated rings. The highest BCUT2D eigenvalue weighted by molar-refractivity contribution is 7.20. The molecule has 0 radical (unpaired) electrons. The SMILES string of the molecule is O=C(Cc1cc(F)ccc1F)c1nc2ccccc2s1. The minimum Gasteiger partial charge on any atom is -0.291 e. The Kier molecular flexibility index (Phi) is 3.28. The van der Waals surface area contributed by atoms with Gasteiger partial charge in [0.2, 0.25) is 0 Å². The minimum atomic E-state index is -0.583. The molecule has 2 nitrogen and oxygen atoms in total. The fourth-order valence-electron chi connectivity index (χ4n) is 1.92. The van der Waals surface area contributed by atoms with Gasteiger partial charge in [-0.3, -0.25) is 4.79 Å². The number of halogens is 2. The first-order chi connectivity index (χ1) is 9.63. The van der Waals surface area contributed by atoms with Crippen LogP contribution in [-0.4, -0.2) is 10.8 Å². The van der Waals surface area contributed by atoms with Crippen molar-refractivity contribution in [2.75, 3.05) is 0 Å². The molecule has 3 aromatic rings. The van der Waals surface area contributed by atoms with Crippen LogP contribution in [0.4, 0.5) is 8.78 Å². The van der Waals surface area contributed by atoms with Crippen molar-refractivity contribution in [2.24, 2.45) is 0 Å². The molecule has 0 N–H and O–H groups in total. The van der Waals surface area contributed by atoms with Crippen molar-refractivity contribution < 1.29 is 13.6 Å². The highest BCUT2D eigenvalue weighted by atomic mass is 32.1. The first-order valence-corrected chi connectivity index (χ1v) is 6.78. The number of nitrogens with zero attached hydrogens (tertiary/aromatic N) is 1. The van der Waals surface area contributed by atoms with Gasteiger partial charge in [0.1, 0.15) is 11.6 Å². The second-order valence-electron chi connectivity index (χ2n) is 4.32. The summed E-state index contributed by atoms with van der Waals surface area (Å²) in [4.78, 5) is 16.3. The van der Waals surface area contributed by atoms with Gasteiger partial charge < -0.3 is 0 Å². The first-order valence-electron chi connectivity index (χ1n) is 5.96. The zero-order valence-corrected chi connectivity index (χ0v) is 11.1. The quantitative estimate of drug-likeness (QED) is 0.682. The zero-order chi connectivity index (χ0) is 14.1. The molecule has 0 bridgehead atoms. The molecule has 5 heteroatoms. The number of Topliss-reactive ketones (excluding diaryl/α,β-unsaturated/α-hetero) is 1. The van der Waals surface area contributed by atoms with E-state index in [1.54, 1.807) is 0 Å². The third-order valence-corrected chi connectivity index (χ3v) is 3.97. The molecule has 0 atom stereocenters. The van der Waals surface area contributed by atoms with Crippen molar-refractivity contribution in [3.05, 3.63) is 64.7 Å². The van der Waals surface area contributed by atoms with E-state index in [9.17, 15) is 13.6 Å². The standard InChI is InChI=1S/C15H9F2NOS/c16-10-5-6-11(17)9(7-10)8-13(19)15-18-12-3-1-2-4-14(12)20-15/h1-7H,8H2. The van der Waals surface area contributed by atoms with E-state index in [-0.39, 0.29) is 17.8 Å². The van der Waals surface area contributed by atoms with Gasteiger partial charge in [0.25, 0.3) is 0 Å². The molecule has 0 saturated heterocycles. The maximum Gasteiger partial charge on any atom is 0.195 e. The lowest BCUT2D eigenvalue weighted by molar-refractivity contribution is 0.0991. The molecule has 0 saturated carbocycles. The average molecular weight is 289 g/mol. The Balaban J connectivity index is 1.90. The molecule has 20 heavy (non-hydrogen) atoms. The number of fused-ring (bicyclic) bond motifs is 1. The number of rotatable bonds is 3. The molecule has 100 valence electrons. The number of carbonyl (C=O) groups excluding carboxylic acids is 1. The van der Waals surface area contributed by atoms with Gasteiger partial charge in [-0.15, -0.1) is 11.3 Å². The fraction of sp³-hybridized carbons (Fsp3) is 0.0667. The Morgan fingerprint density at radius 2 is 1.95 bits per heavy atom. The topological polar surface area (TPSA) is 30.0 Å². The predicted octanol–water partition coefficient (Wildman–Crippen LogP) is 4.00. The molecule has 0 amide bonds. The number of ketones is 1. The molecule has 0 aliphatic carbocycles. The van der Waals surface area contributed by atoms with E-state index in [0.29, 0.717) is 5.01 Å². The van der Waals surface area contributed by atoms with Crippen LogP contribution >= 0.6 is 11.3 Å². The molecule has 1 aromatic heterocycles. The van der Waals surface area contributed by atoms with Gasteiger partial charge in [-0.25, -0.2) is 13.8 Å². The number of hydrogen-bond donors (Lipinski definition) is 0. The summed E-state index contributed by atoms with van der Waals surface area (Å²) in [5.74, 6) is -1.45. The number of hydrogen-bond acceptors (Lipinski definition) is 3. The van der Waals surface area contributed by atoms with Crippen LogP contribution in [0.2, 0.25) is 0 Å². The second kappa shape index (κ2) is 5.09. The van der Waals surface area contributed by atoms with Gasteiger partial charge in [0.05, 0.1) is 10.2 Å². The number of para-hydroxylation sites is 1. The first kappa shape index (κ1) is 12.9. The van der Waals surface area contributed by atoms with Crippen molar-refractivity contribution in [1.29, 1.82) is 0 Å². The monoisotopic (exact) mass is 289 g/mol. The van der Waals surface area contributed by atoms with Crippen LogP contribution in [0.15, 0.2) is 42.5 Å². The van der Waals surface area contributed by atoms with Gasteiger partial charge in [-0.1, -0.05) is 12.1 Å². The number of benzene rings is 2. The van der Waals surface area contributed by atoms with Crippen LogP contribution in [0, 0.1) is 11.6 Å². The Bertz CT molecular complexity index is 764. The van der Waals surface area contributed by atoms with Crippen molar-refractivity contribution in [2.45, 2.75) is 6.42 Å². The van der Waals surface area contributed by atoms with Crippen LogP contribution in [0.5, 0.6) is 0 Å². The average Bonchev–Trinajstić information content (AvgIpc) is 2.87. The minimum absolute atomic E-state index is 0.0502. The summed E-state index contributed by atoms with van der Waals surface area (Å²) in [7, 11) is 0. The fourth-order valence-corrected chi connectivity index (χ4v) is 2.82. The van der Waals surface area contributed by atoms with Gasteiger partial charge in [0.15, 0.2) is 10.8 Å². The molecule has 0 unspecified atom stereocenters. The summed E-state index contributed by atoms with van der Waals surface area (Å²) in [6.07, 6.45) is -0.191. The Labute approximate surface area is 117 Å². The summed E-state index contributed by atoms with van der Waals surface area (Å²) >= 11 is 1.26. The van der Waals surface area contributed by atoms with Crippen molar-refractivity contribution in [3.8, 4) is 0 Å². The van der Waals surface area contributed by atoms with E-state index in [1.807, 2.05) is 24.3 Å². The summed E-state index contributed by atoms with van der Waals surface area (Å²) in [6.45, 7) is 0.